The molecule has 4 heteroatoms. The molecule has 0 atom stereocenters. The Morgan fingerprint density at radius 1 is 1.06 bits per heavy atom. The molecule has 0 aromatic carbocycles. The molecule has 0 radical (unpaired) electrons. The molecule has 0 spiro atoms. The van der Waals surface area contributed by atoms with E-state index in [1.165, 1.54) is 0 Å². The largest absolute Gasteiger partial charge is 0.388 e. The Labute approximate surface area is 98.8 Å². The lowest BCUT2D eigenvalue weighted by atomic mass is 9.86. The maximum Gasteiger partial charge on any atom is 0.234 e. The number of carbonyl (C=O) groups is 1. The van der Waals surface area contributed by atoms with E-state index in [4.69, 9.17) is 0 Å². The normalized spacial score (nSPS) is 13.8. The van der Waals surface area contributed by atoms with E-state index in [0.717, 1.165) is 0 Å². The van der Waals surface area contributed by atoms with Gasteiger partial charge in [0.2, 0.25) is 5.91 Å². The molecule has 0 fully saturated rings. The van der Waals surface area contributed by atoms with Crippen LogP contribution in [-0.2, 0) is 4.79 Å². The van der Waals surface area contributed by atoms with E-state index in [9.17, 15) is 9.90 Å². The van der Waals surface area contributed by atoms with Gasteiger partial charge in [-0.15, -0.1) is 0 Å². The molecule has 0 heterocycles. The molecule has 0 bridgehead atoms. The first-order valence-corrected chi connectivity index (χ1v) is 5.63. The Kier molecular flexibility index (Phi) is 4.54. The molecule has 3 N–H and O–H groups in total. The molecule has 0 aliphatic heterocycles. The molecule has 96 valence electrons. The average molecular weight is 230 g/mol. The van der Waals surface area contributed by atoms with Crippen LogP contribution in [0, 0.1) is 0 Å². The first-order valence-electron chi connectivity index (χ1n) is 5.63. The standard InChI is InChI=1S/C12H26N2O2/c1-10(2,3)13-8-9(15)14-11(4,5)12(6,7)16/h13,16H,8H2,1-7H3,(H,14,15). The number of rotatable bonds is 4. The van der Waals surface area contributed by atoms with Crippen molar-refractivity contribution >= 4 is 5.91 Å². The van der Waals surface area contributed by atoms with Crippen LogP contribution in [-0.4, -0.2) is 34.2 Å². The van der Waals surface area contributed by atoms with Crippen LogP contribution in [0.3, 0.4) is 0 Å². The molecule has 0 saturated heterocycles. The third kappa shape index (κ3) is 5.47. The first-order chi connectivity index (χ1) is 6.85. The summed E-state index contributed by atoms with van der Waals surface area (Å²) in [6.45, 7) is 13.2. The van der Waals surface area contributed by atoms with Gasteiger partial charge in [0.05, 0.1) is 17.7 Å². The second kappa shape index (κ2) is 4.72. The summed E-state index contributed by atoms with van der Waals surface area (Å²) in [5.74, 6) is -0.109. The molecule has 4 nitrogen and oxygen atoms in total. The molecule has 0 aliphatic carbocycles. The second-order valence-electron chi connectivity index (χ2n) is 6.34. The summed E-state index contributed by atoms with van der Waals surface area (Å²) in [5, 5.41) is 15.8. The zero-order chi connectivity index (χ0) is 13.2. The van der Waals surface area contributed by atoms with Crippen molar-refractivity contribution in [2.45, 2.75) is 65.1 Å². The average Bonchev–Trinajstić information content (AvgIpc) is 1.96. The predicted octanol–water partition coefficient (Wildman–Crippen LogP) is 1.04. The van der Waals surface area contributed by atoms with Gasteiger partial charge in [0, 0.05) is 5.54 Å². The molecule has 0 saturated carbocycles. The molecule has 0 unspecified atom stereocenters. The highest BCUT2D eigenvalue weighted by atomic mass is 16.3. The second-order valence-corrected chi connectivity index (χ2v) is 6.34. The van der Waals surface area contributed by atoms with Crippen molar-refractivity contribution in [2.75, 3.05) is 6.54 Å². The van der Waals surface area contributed by atoms with E-state index < -0.39 is 11.1 Å². The molecule has 0 aromatic heterocycles. The van der Waals surface area contributed by atoms with Gasteiger partial charge >= 0.3 is 0 Å². The minimum absolute atomic E-state index is 0.0871. The van der Waals surface area contributed by atoms with Crippen LogP contribution >= 0.6 is 0 Å². The third-order valence-electron chi connectivity index (χ3n) is 2.76. The van der Waals surface area contributed by atoms with Gasteiger partial charge in [-0.25, -0.2) is 0 Å². The van der Waals surface area contributed by atoms with E-state index in [2.05, 4.69) is 10.6 Å². The van der Waals surface area contributed by atoms with Crippen LogP contribution in [0.5, 0.6) is 0 Å². The molecule has 1 amide bonds. The van der Waals surface area contributed by atoms with Gasteiger partial charge in [0.1, 0.15) is 0 Å². The molecular weight excluding hydrogens is 204 g/mol. The van der Waals surface area contributed by atoms with Gasteiger partial charge in [-0.3, -0.25) is 4.79 Å². The summed E-state index contributed by atoms with van der Waals surface area (Å²) in [5.41, 5.74) is -1.69. The van der Waals surface area contributed by atoms with E-state index in [-0.39, 0.29) is 18.0 Å². The summed E-state index contributed by atoms with van der Waals surface area (Å²) in [6.07, 6.45) is 0. The van der Waals surface area contributed by atoms with Crippen molar-refractivity contribution in [2.24, 2.45) is 0 Å². The highest BCUT2D eigenvalue weighted by Gasteiger charge is 2.36. The lowest BCUT2D eigenvalue weighted by Gasteiger charge is -2.38. The smallest absolute Gasteiger partial charge is 0.234 e. The van der Waals surface area contributed by atoms with Crippen molar-refractivity contribution in [1.29, 1.82) is 0 Å². The van der Waals surface area contributed by atoms with Crippen LogP contribution in [0.2, 0.25) is 0 Å². The zero-order valence-electron chi connectivity index (χ0n) is 11.6. The molecule has 0 rings (SSSR count). The number of aliphatic hydroxyl groups is 1. The number of carbonyl (C=O) groups excluding carboxylic acids is 1. The molecule has 16 heavy (non-hydrogen) atoms. The number of nitrogens with one attached hydrogen (secondary N) is 2. The van der Waals surface area contributed by atoms with E-state index in [1.54, 1.807) is 13.8 Å². The summed E-state index contributed by atoms with van der Waals surface area (Å²) < 4.78 is 0. The minimum Gasteiger partial charge on any atom is -0.388 e. The van der Waals surface area contributed by atoms with Crippen molar-refractivity contribution in [1.82, 2.24) is 10.6 Å². The maximum atomic E-state index is 11.7. The van der Waals surface area contributed by atoms with Gasteiger partial charge in [-0.1, -0.05) is 0 Å². The first kappa shape index (κ1) is 15.4. The Morgan fingerprint density at radius 2 is 1.50 bits per heavy atom. The summed E-state index contributed by atoms with van der Waals surface area (Å²) >= 11 is 0. The van der Waals surface area contributed by atoms with Gasteiger partial charge < -0.3 is 15.7 Å². The monoisotopic (exact) mass is 230 g/mol. The third-order valence-corrected chi connectivity index (χ3v) is 2.76. The van der Waals surface area contributed by atoms with E-state index in [0.29, 0.717) is 0 Å². The summed E-state index contributed by atoms with van der Waals surface area (Å²) in [7, 11) is 0. The quantitative estimate of drug-likeness (QED) is 0.676. The van der Waals surface area contributed by atoms with Gasteiger partial charge in [-0.05, 0) is 48.5 Å². The van der Waals surface area contributed by atoms with Crippen LogP contribution < -0.4 is 10.6 Å². The van der Waals surface area contributed by atoms with Gasteiger partial charge in [0.15, 0.2) is 0 Å². The SMILES string of the molecule is CC(C)(C)NCC(=O)NC(C)(C)C(C)(C)O. The fourth-order valence-corrected chi connectivity index (χ4v) is 0.891. The number of hydrogen-bond acceptors (Lipinski definition) is 3. The number of hydrogen-bond donors (Lipinski definition) is 3. The topological polar surface area (TPSA) is 61.4 Å². The van der Waals surface area contributed by atoms with Crippen molar-refractivity contribution in [3.8, 4) is 0 Å². The lowest BCUT2D eigenvalue weighted by molar-refractivity contribution is -0.125. The lowest BCUT2D eigenvalue weighted by Crippen LogP contribution is -2.59. The van der Waals surface area contributed by atoms with Crippen molar-refractivity contribution < 1.29 is 9.90 Å². The summed E-state index contributed by atoms with van der Waals surface area (Å²) in [6, 6.07) is 0. The molecule has 0 aromatic rings. The Balaban J connectivity index is 4.26. The van der Waals surface area contributed by atoms with Gasteiger partial charge in [0.25, 0.3) is 0 Å². The fourth-order valence-electron chi connectivity index (χ4n) is 0.891. The highest BCUT2D eigenvalue weighted by molar-refractivity contribution is 5.79. The summed E-state index contributed by atoms with van der Waals surface area (Å²) in [4.78, 5) is 11.7. The van der Waals surface area contributed by atoms with E-state index >= 15 is 0 Å². The van der Waals surface area contributed by atoms with Crippen LogP contribution in [0.1, 0.15) is 48.5 Å². The zero-order valence-corrected chi connectivity index (χ0v) is 11.6. The van der Waals surface area contributed by atoms with Crippen molar-refractivity contribution in [3.05, 3.63) is 0 Å². The van der Waals surface area contributed by atoms with Gasteiger partial charge in [-0.2, -0.15) is 0 Å². The van der Waals surface area contributed by atoms with Crippen LogP contribution in [0.25, 0.3) is 0 Å². The Hall–Kier alpha value is -0.610. The van der Waals surface area contributed by atoms with Crippen molar-refractivity contribution in [3.63, 3.8) is 0 Å². The Morgan fingerprint density at radius 3 is 1.81 bits per heavy atom. The van der Waals surface area contributed by atoms with E-state index in [1.807, 2.05) is 34.6 Å². The fraction of sp³-hybridized carbons (Fsp3) is 0.917. The Bertz CT molecular complexity index is 247. The minimum atomic E-state index is -0.954. The molecular formula is C12H26N2O2. The number of amides is 1. The van der Waals surface area contributed by atoms with Crippen LogP contribution in [0.4, 0.5) is 0 Å². The predicted molar refractivity (Wildman–Crippen MR) is 66.3 cm³/mol. The molecule has 0 aliphatic rings. The highest BCUT2D eigenvalue weighted by Crippen LogP contribution is 2.20. The maximum absolute atomic E-state index is 11.7. The van der Waals surface area contributed by atoms with Crippen LogP contribution in [0.15, 0.2) is 0 Å².